The standard InChI is InChI=1S/C9H10F2N2O2/c10-8(3-4-12)7-2-1-6(13(14)15)5-9(7)11/h1-2,5,8H,3-4,12H2. The van der Waals surface area contributed by atoms with Crippen molar-refractivity contribution >= 4 is 5.69 Å². The Bertz CT molecular complexity index is 371. The summed E-state index contributed by atoms with van der Waals surface area (Å²) in [6.07, 6.45) is -1.52. The highest BCUT2D eigenvalue weighted by Gasteiger charge is 2.17. The molecule has 1 unspecified atom stereocenters. The van der Waals surface area contributed by atoms with E-state index in [4.69, 9.17) is 5.73 Å². The number of nitrogens with two attached hydrogens (primary N) is 1. The Kier molecular flexibility index (Phi) is 3.68. The molecule has 0 aromatic heterocycles. The van der Waals surface area contributed by atoms with E-state index in [1.54, 1.807) is 0 Å². The van der Waals surface area contributed by atoms with Gasteiger partial charge in [-0.1, -0.05) is 0 Å². The van der Waals surface area contributed by atoms with E-state index in [1.807, 2.05) is 0 Å². The molecule has 4 nitrogen and oxygen atoms in total. The Hall–Kier alpha value is -1.56. The van der Waals surface area contributed by atoms with Gasteiger partial charge in [-0.3, -0.25) is 10.1 Å². The topological polar surface area (TPSA) is 69.2 Å². The van der Waals surface area contributed by atoms with Crippen LogP contribution in [0.5, 0.6) is 0 Å². The highest BCUT2D eigenvalue weighted by atomic mass is 19.1. The number of nitro benzene ring substituents is 1. The predicted octanol–water partition coefficient (Wildman–Crippen LogP) is 2.09. The van der Waals surface area contributed by atoms with Crippen LogP contribution in [0, 0.1) is 15.9 Å². The van der Waals surface area contributed by atoms with E-state index in [1.165, 1.54) is 0 Å². The minimum absolute atomic E-state index is 0.00523. The quantitative estimate of drug-likeness (QED) is 0.618. The van der Waals surface area contributed by atoms with Crippen LogP contribution in [0.4, 0.5) is 14.5 Å². The SMILES string of the molecule is NCCC(F)c1ccc([N+](=O)[O-])cc1F. The zero-order valence-electron chi connectivity index (χ0n) is 7.82. The van der Waals surface area contributed by atoms with Gasteiger partial charge in [0, 0.05) is 11.6 Å². The van der Waals surface area contributed by atoms with Crippen LogP contribution in [0.1, 0.15) is 18.2 Å². The first-order valence-electron chi connectivity index (χ1n) is 4.34. The van der Waals surface area contributed by atoms with E-state index in [0.29, 0.717) is 6.07 Å². The van der Waals surface area contributed by atoms with Crippen molar-refractivity contribution in [3.05, 3.63) is 39.7 Å². The molecule has 0 aliphatic carbocycles. The molecule has 2 N–H and O–H groups in total. The third-order valence-electron chi connectivity index (χ3n) is 1.95. The van der Waals surface area contributed by atoms with E-state index in [9.17, 15) is 18.9 Å². The van der Waals surface area contributed by atoms with Crippen molar-refractivity contribution in [1.29, 1.82) is 0 Å². The predicted molar refractivity (Wildman–Crippen MR) is 50.6 cm³/mol. The van der Waals surface area contributed by atoms with Crippen molar-refractivity contribution in [2.75, 3.05) is 6.54 Å². The van der Waals surface area contributed by atoms with Crippen molar-refractivity contribution in [1.82, 2.24) is 0 Å². The van der Waals surface area contributed by atoms with E-state index < -0.39 is 22.6 Å². The fourth-order valence-corrected chi connectivity index (χ4v) is 1.19. The number of nitro groups is 1. The molecule has 0 spiro atoms. The number of hydrogen-bond donors (Lipinski definition) is 1. The Morgan fingerprint density at radius 1 is 1.53 bits per heavy atom. The first-order valence-corrected chi connectivity index (χ1v) is 4.34. The van der Waals surface area contributed by atoms with E-state index in [0.717, 1.165) is 12.1 Å². The fourth-order valence-electron chi connectivity index (χ4n) is 1.19. The van der Waals surface area contributed by atoms with Gasteiger partial charge in [-0.2, -0.15) is 0 Å². The smallest absolute Gasteiger partial charge is 0.272 e. The molecular weight excluding hydrogens is 206 g/mol. The van der Waals surface area contributed by atoms with Crippen LogP contribution < -0.4 is 5.73 Å². The van der Waals surface area contributed by atoms with E-state index in [-0.39, 0.29) is 18.5 Å². The molecule has 1 aromatic carbocycles. The second-order valence-corrected chi connectivity index (χ2v) is 3.01. The van der Waals surface area contributed by atoms with Gasteiger partial charge in [-0.25, -0.2) is 8.78 Å². The number of benzene rings is 1. The maximum absolute atomic E-state index is 13.2. The Balaban J connectivity index is 2.97. The monoisotopic (exact) mass is 216 g/mol. The normalized spacial score (nSPS) is 12.5. The molecule has 0 saturated carbocycles. The first-order chi connectivity index (χ1) is 7.06. The van der Waals surface area contributed by atoms with Crippen molar-refractivity contribution in [3.63, 3.8) is 0 Å². The Morgan fingerprint density at radius 2 is 2.20 bits per heavy atom. The van der Waals surface area contributed by atoms with E-state index >= 15 is 0 Å². The van der Waals surface area contributed by atoms with Crippen molar-refractivity contribution in [3.8, 4) is 0 Å². The molecule has 0 bridgehead atoms. The molecule has 0 radical (unpaired) electrons. The van der Waals surface area contributed by atoms with Crippen LogP contribution in [-0.4, -0.2) is 11.5 Å². The summed E-state index contributed by atoms with van der Waals surface area (Å²) >= 11 is 0. The number of rotatable bonds is 4. The van der Waals surface area contributed by atoms with Gasteiger partial charge < -0.3 is 5.73 Å². The summed E-state index contributed by atoms with van der Waals surface area (Å²) in [5.74, 6) is -0.912. The highest BCUT2D eigenvalue weighted by molar-refractivity contribution is 5.35. The zero-order valence-corrected chi connectivity index (χ0v) is 7.82. The Morgan fingerprint density at radius 3 is 2.67 bits per heavy atom. The second kappa shape index (κ2) is 4.79. The lowest BCUT2D eigenvalue weighted by Gasteiger charge is -2.07. The molecule has 0 aliphatic heterocycles. The van der Waals surface area contributed by atoms with Gasteiger partial charge in [0.2, 0.25) is 0 Å². The average molecular weight is 216 g/mol. The van der Waals surface area contributed by atoms with Gasteiger partial charge in [0.1, 0.15) is 12.0 Å². The lowest BCUT2D eigenvalue weighted by Crippen LogP contribution is -2.05. The molecule has 0 fully saturated rings. The third-order valence-corrected chi connectivity index (χ3v) is 1.95. The summed E-state index contributed by atoms with van der Waals surface area (Å²) in [6.45, 7) is 0.0948. The summed E-state index contributed by atoms with van der Waals surface area (Å²) in [4.78, 5) is 9.55. The largest absolute Gasteiger partial charge is 0.330 e. The third kappa shape index (κ3) is 2.69. The molecule has 15 heavy (non-hydrogen) atoms. The van der Waals surface area contributed by atoms with Gasteiger partial charge >= 0.3 is 0 Å². The highest BCUT2D eigenvalue weighted by Crippen LogP contribution is 2.26. The number of hydrogen-bond acceptors (Lipinski definition) is 3. The van der Waals surface area contributed by atoms with Crippen LogP contribution in [0.3, 0.4) is 0 Å². The molecule has 0 amide bonds. The minimum Gasteiger partial charge on any atom is -0.330 e. The lowest BCUT2D eigenvalue weighted by molar-refractivity contribution is -0.385. The number of alkyl halides is 1. The molecule has 82 valence electrons. The van der Waals surface area contributed by atoms with Crippen molar-refractivity contribution in [2.24, 2.45) is 5.73 Å². The maximum atomic E-state index is 13.2. The van der Waals surface area contributed by atoms with Gasteiger partial charge in [0.25, 0.3) is 5.69 Å². The summed E-state index contributed by atoms with van der Waals surface area (Å²) in [7, 11) is 0. The number of nitrogens with zero attached hydrogens (tertiary/aromatic N) is 1. The maximum Gasteiger partial charge on any atom is 0.272 e. The molecule has 1 aromatic rings. The zero-order chi connectivity index (χ0) is 11.4. The molecule has 1 rings (SSSR count). The van der Waals surface area contributed by atoms with Crippen LogP contribution in [0.2, 0.25) is 0 Å². The molecular formula is C9H10F2N2O2. The average Bonchev–Trinajstić information content (AvgIpc) is 2.17. The van der Waals surface area contributed by atoms with Crippen molar-refractivity contribution < 1.29 is 13.7 Å². The van der Waals surface area contributed by atoms with Crippen LogP contribution in [-0.2, 0) is 0 Å². The minimum atomic E-state index is -1.52. The fraction of sp³-hybridized carbons (Fsp3) is 0.333. The number of halogens is 2. The van der Waals surface area contributed by atoms with Gasteiger partial charge in [-0.15, -0.1) is 0 Å². The van der Waals surface area contributed by atoms with Gasteiger partial charge in [-0.05, 0) is 19.0 Å². The van der Waals surface area contributed by atoms with Crippen LogP contribution >= 0.6 is 0 Å². The summed E-state index contributed by atoms with van der Waals surface area (Å²) in [6, 6.07) is 2.85. The summed E-state index contributed by atoms with van der Waals surface area (Å²) < 4.78 is 26.4. The second-order valence-electron chi connectivity index (χ2n) is 3.01. The summed E-state index contributed by atoms with van der Waals surface area (Å²) in [5, 5.41) is 10.3. The lowest BCUT2D eigenvalue weighted by atomic mass is 10.1. The van der Waals surface area contributed by atoms with Crippen LogP contribution in [0.25, 0.3) is 0 Å². The Labute approximate surface area is 84.9 Å². The molecule has 0 aliphatic rings. The molecule has 0 saturated heterocycles. The number of non-ortho nitro benzene ring substituents is 1. The molecule has 0 heterocycles. The van der Waals surface area contributed by atoms with E-state index in [2.05, 4.69) is 0 Å². The molecule has 1 atom stereocenters. The van der Waals surface area contributed by atoms with Crippen molar-refractivity contribution in [2.45, 2.75) is 12.6 Å². The first kappa shape index (κ1) is 11.5. The van der Waals surface area contributed by atoms with Gasteiger partial charge in [0.05, 0.1) is 11.0 Å². The molecule has 6 heteroatoms. The van der Waals surface area contributed by atoms with Crippen LogP contribution in [0.15, 0.2) is 18.2 Å². The summed E-state index contributed by atoms with van der Waals surface area (Å²) in [5.41, 5.74) is 4.54. The van der Waals surface area contributed by atoms with Gasteiger partial charge in [0.15, 0.2) is 0 Å².